The molecule has 1 aromatic heterocycles. The molecule has 2 aromatic rings. The van der Waals surface area contributed by atoms with E-state index in [0.29, 0.717) is 42.8 Å². The van der Waals surface area contributed by atoms with Crippen molar-refractivity contribution in [2.24, 2.45) is 28.2 Å². The number of aliphatic hydroxyl groups is 1. The second-order valence-corrected chi connectivity index (χ2v) is 17.2. The summed E-state index contributed by atoms with van der Waals surface area (Å²) in [4.78, 5) is 68.3. The van der Waals surface area contributed by atoms with Crippen LogP contribution in [0.3, 0.4) is 0 Å². The van der Waals surface area contributed by atoms with Gasteiger partial charge in [-0.1, -0.05) is 77.6 Å². The summed E-state index contributed by atoms with van der Waals surface area (Å²) in [6.07, 6.45) is 3.76. The Morgan fingerprint density at radius 1 is 1.06 bits per heavy atom. The van der Waals surface area contributed by atoms with Gasteiger partial charge in [-0.15, -0.1) is 0 Å². The monoisotopic (exact) mass is 872 g/mol. The Morgan fingerprint density at radius 2 is 1.76 bits per heavy atom. The highest BCUT2D eigenvalue weighted by Gasteiger charge is 2.49. The van der Waals surface area contributed by atoms with E-state index in [1.807, 2.05) is 83.1 Å². The molecule has 2 fully saturated rings. The summed E-state index contributed by atoms with van der Waals surface area (Å²) in [5.74, 6) is -2.93. The number of aliphatic imine (C=N–C) groups is 1. The van der Waals surface area contributed by atoms with Crippen LogP contribution in [-0.2, 0) is 33.3 Å². The van der Waals surface area contributed by atoms with Gasteiger partial charge < -0.3 is 33.7 Å². The Morgan fingerprint density at radius 3 is 2.41 bits per heavy atom. The van der Waals surface area contributed by atoms with Gasteiger partial charge in [-0.3, -0.25) is 15.0 Å². The summed E-state index contributed by atoms with van der Waals surface area (Å²) in [5, 5.41) is 11.5. The molecule has 0 spiro atoms. The molecular weight excluding hydrogens is 809 g/mol. The van der Waals surface area contributed by atoms with Crippen LogP contribution in [0.15, 0.2) is 77.6 Å². The van der Waals surface area contributed by atoms with Gasteiger partial charge in [0.1, 0.15) is 24.7 Å². The molecule has 11 atom stereocenters. The van der Waals surface area contributed by atoms with Crippen LogP contribution in [0.4, 0.5) is 9.59 Å². The zero-order valence-corrected chi connectivity index (χ0v) is 37.9. The number of Topliss-reactive ketones (excluding diaryl/α,β-unsaturated/α-hetero) is 1. The SMILES string of the molecule is C=C1C2=NC(=O)O[C@@H]2[C@@H](CC)OC(=O)[C@H](C)C(=O)[C@H](C)[C@@H](O[C@@H]2O[C@H](C)C[C@H](N(C)C)[C@H]2O)[C@](C)(CC)C[C@@H](C)/C1=C\COC(=O)NNC/C=C/c1ccc(-c2ncccn2)cc1. The topological polar surface area (TPSA) is 200 Å². The number of cyclic esters (lactones) is 1. The zero-order chi connectivity index (χ0) is 46.0. The molecule has 0 aliphatic carbocycles. The van der Waals surface area contributed by atoms with Gasteiger partial charge in [0.15, 0.2) is 24.0 Å². The first-order valence-electron chi connectivity index (χ1n) is 21.8. The number of aliphatic hydroxyl groups excluding tert-OH is 1. The third kappa shape index (κ3) is 12.1. The number of aromatic nitrogens is 2. The van der Waals surface area contributed by atoms with Crippen molar-refractivity contribution in [3.05, 3.63) is 78.2 Å². The van der Waals surface area contributed by atoms with Crippen molar-refractivity contribution in [1.29, 1.82) is 0 Å². The van der Waals surface area contributed by atoms with Crippen LogP contribution < -0.4 is 10.9 Å². The predicted molar refractivity (Wildman–Crippen MR) is 237 cm³/mol. The Labute approximate surface area is 370 Å². The maximum atomic E-state index is 14.3. The van der Waals surface area contributed by atoms with E-state index in [-0.39, 0.29) is 36.8 Å². The summed E-state index contributed by atoms with van der Waals surface area (Å²) >= 11 is 0. The number of allylic oxidation sites excluding steroid dienone is 1. The number of hydrazine groups is 1. The van der Waals surface area contributed by atoms with Gasteiger partial charge in [0.05, 0.1) is 17.9 Å². The molecule has 2 amide bonds. The second kappa shape index (κ2) is 22.0. The van der Waals surface area contributed by atoms with Crippen molar-refractivity contribution in [3.8, 4) is 11.4 Å². The molecule has 3 N–H and O–H groups in total. The highest BCUT2D eigenvalue weighted by Crippen LogP contribution is 2.44. The maximum Gasteiger partial charge on any atom is 0.434 e. The molecule has 4 heterocycles. The Balaban J connectivity index is 1.37. The van der Waals surface area contributed by atoms with E-state index < -0.39 is 71.9 Å². The highest BCUT2D eigenvalue weighted by atomic mass is 16.7. The number of hydrogen-bond donors (Lipinski definition) is 3. The number of hydrogen-bond acceptors (Lipinski definition) is 14. The average Bonchev–Trinajstić information content (AvgIpc) is 3.66. The number of carbonyl (C=O) groups is 4. The summed E-state index contributed by atoms with van der Waals surface area (Å²) in [6, 6.07) is 9.26. The predicted octanol–water partition coefficient (Wildman–Crippen LogP) is 6.26. The minimum Gasteiger partial charge on any atom is -0.457 e. The summed E-state index contributed by atoms with van der Waals surface area (Å²) in [6.45, 7) is 17.4. The van der Waals surface area contributed by atoms with E-state index in [1.165, 1.54) is 6.92 Å². The number of nitrogens with zero attached hydrogens (tertiary/aromatic N) is 4. The summed E-state index contributed by atoms with van der Waals surface area (Å²) in [5.41, 5.74) is 7.57. The fourth-order valence-electron chi connectivity index (χ4n) is 8.65. The zero-order valence-electron chi connectivity index (χ0n) is 37.9. The first kappa shape index (κ1) is 48.9. The fourth-order valence-corrected chi connectivity index (χ4v) is 8.65. The van der Waals surface area contributed by atoms with E-state index in [9.17, 15) is 24.3 Å². The van der Waals surface area contributed by atoms with Crippen LogP contribution in [0.25, 0.3) is 17.5 Å². The van der Waals surface area contributed by atoms with Crippen LogP contribution in [0.5, 0.6) is 0 Å². The number of nitrogens with one attached hydrogen (secondary N) is 2. The minimum absolute atomic E-state index is 0.177. The smallest absolute Gasteiger partial charge is 0.434 e. The Kier molecular flexibility index (Phi) is 17.1. The number of amides is 2. The van der Waals surface area contributed by atoms with Gasteiger partial charge in [0.25, 0.3) is 0 Å². The van der Waals surface area contributed by atoms with Gasteiger partial charge in [-0.05, 0) is 93.8 Å². The molecule has 5 rings (SSSR count). The molecule has 0 radical (unpaired) electrons. The number of likely N-dealkylation sites (N-methyl/N-ethyl adjacent to an activating group) is 1. The van der Waals surface area contributed by atoms with E-state index >= 15 is 0 Å². The Hall–Kier alpha value is -5.13. The third-order valence-electron chi connectivity index (χ3n) is 12.4. The molecule has 63 heavy (non-hydrogen) atoms. The average molecular weight is 873 g/mol. The van der Waals surface area contributed by atoms with Gasteiger partial charge in [-0.2, -0.15) is 4.99 Å². The van der Waals surface area contributed by atoms with E-state index in [0.717, 1.165) is 11.1 Å². The van der Waals surface area contributed by atoms with Gasteiger partial charge in [-0.25, -0.2) is 25.0 Å². The van der Waals surface area contributed by atoms with E-state index in [1.54, 1.807) is 38.4 Å². The molecule has 3 aliphatic rings. The van der Waals surface area contributed by atoms with Gasteiger partial charge in [0.2, 0.25) is 0 Å². The second-order valence-electron chi connectivity index (χ2n) is 17.2. The molecule has 0 saturated carbocycles. The van der Waals surface area contributed by atoms with Gasteiger partial charge in [0, 0.05) is 36.5 Å². The molecular formula is C47H64N6O10. The van der Waals surface area contributed by atoms with Crippen molar-refractivity contribution >= 4 is 35.7 Å². The highest BCUT2D eigenvalue weighted by molar-refractivity contribution is 6.14. The lowest BCUT2D eigenvalue weighted by atomic mass is 9.67. The third-order valence-corrected chi connectivity index (χ3v) is 12.4. The number of carbonyl (C=O) groups excluding carboxylic acids is 4. The van der Waals surface area contributed by atoms with Crippen LogP contribution >= 0.6 is 0 Å². The van der Waals surface area contributed by atoms with Crippen molar-refractivity contribution in [1.82, 2.24) is 25.7 Å². The molecule has 0 unspecified atom stereocenters. The number of esters is 1. The molecule has 3 aliphatic heterocycles. The van der Waals surface area contributed by atoms with E-state index in [2.05, 4.69) is 32.4 Å². The van der Waals surface area contributed by atoms with Gasteiger partial charge >= 0.3 is 18.2 Å². The van der Waals surface area contributed by atoms with Crippen molar-refractivity contribution < 1.29 is 48.0 Å². The number of ketones is 1. The van der Waals surface area contributed by atoms with Crippen molar-refractivity contribution in [2.75, 3.05) is 27.2 Å². The minimum atomic E-state index is -1.19. The molecule has 342 valence electrons. The molecule has 1 aromatic carbocycles. The van der Waals surface area contributed by atoms with Crippen LogP contribution in [-0.4, -0.2) is 120 Å². The number of fused-ring (bicyclic) bond motifs is 1. The standard InChI is InChI=1S/C47H64N6O10/c1-11-36-40-37(51-45(57)62-40)29(5)34(20-24-59-46(58)52-50-23-13-15-32-16-18-33(19-17-32)42-48-21-14-22-49-42)27(3)26-47(8,12-2)41(30(6)38(54)31(7)43(56)61-36)63-44-39(55)35(53(9)10)25-28(4)60-44/h13-22,27-28,30-31,35-36,39-41,44,50,55H,5,11-12,23-26H2,1-4,6-10H3,(H,52,58)/b15-13+,34-20+/t27-,28-,30+,31-,35+,36-,39-,40-,41-,44+,47-/m1/s1. The van der Waals surface area contributed by atoms with Crippen LogP contribution in [0.1, 0.15) is 79.7 Å². The number of ether oxygens (including phenoxy) is 5. The summed E-state index contributed by atoms with van der Waals surface area (Å²) in [7, 11) is 3.77. The summed E-state index contributed by atoms with van der Waals surface area (Å²) < 4.78 is 30.1. The van der Waals surface area contributed by atoms with Crippen LogP contribution in [0, 0.1) is 23.2 Å². The molecule has 2 saturated heterocycles. The quantitative estimate of drug-likeness (QED) is 0.0710. The number of rotatable bonds is 12. The molecule has 16 heteroatoms. The lowest BCUT2D eigenvalue weighted by Crippen LogP contribution is -2.57. The lowest BCUT2D eigenvalue weighted by molar-refractivity contribution is -0.286. The van der Waals surface area contributed by atoms with E-state index in [4.69, 9.17) is 23.7 Å². The first-order chi connectivity index (χ1) is 30.0. The fraction of sp³-hybridized carbons (Fsp3) is 0.553. The van der Waals surface area contributed by atoms with Crippen molar-refractivity contribution in [3.63, 3.8) is 0 Å². The largest absolute Gasteiger partial charge is 0.457 e. The molecule has 16 nitrogen and oxygen atoms in total. The Bertz CT molecular complexity index is 2020. The molecule has 0 bridgehead atoms. The van der Waals surface area contributed by atoms with Crippen molar-refractivity contribution in [2.45, 2.75) is 117 Å². The lowest BCUT2D eigenvalue weighted by Gasteiger charge is -2.47. The normalized spacial score (nSPS) is 31.6. The first-order valence-corrected chi connectivity index (χ1v) is 21.8. The maximum absolute atomic E-state index is 14.3. The number of benzene rings is 1. The van der Waals surface area contributed by atoms with Crippen LogP contribution in [0.2, 0.25) is 0 Å².